The molecule has 0 amide bonds. The number of nitrogens with zero attached hydrogens (tertiary/aromatic N) is 2. The number of hydrogen-bond acceptors (Lipinski definition) is 6. The van der Waals surface area contributed by atoms with Gasteiger partial charge in [0.1, 0.15) is 6.23 Å². The average Bonchev–Trinajstić information content (AvgIpc) is 3.04. The highest BCUT2D eigenvalue weighted by Crippen LogP contribution is 2.55. The molecule has 2 aliphatic rings. The Morgan fingerprint density at radius 3 is 2.44 bits per heavy atom. The zero-order valence-corrected chi connectivity index (χ0v) is 24.5. The van der Waals surface area contributed by atoms with E-state index in [0.29, 0.717) is 12.0 Å². The van der Waals surface area contributed by atoms with Crippen molar-refractivity contribution in [2.45, 2.75) is 122 Å². The van der Waals surface area contributed by atoms with Gasteiger partial charge in [0.25, 0.3) is 14.1 Å². The van der Waals surface area contributed by atoms with Crippen molar-refractivity contribution in [1.29, 1.82) is 0 Å². The maximum absolute atomic E-state index is 12.6. The second-order valence-corrected chi connectivity index (χ2v) is 19.6. The number of aromatic amines is 1. The first-order valence-electron chi connectivity index (χ1n) is 12.4. The van der Waals surface area contributed by atoms with Gasteiger partial charge in [-0.3, -0.25) is 14.3 Å². The Balaban J connectivity index is 1.92. The minimum atomic E-state index is -1.71. The molecule has 0 aromatic carbocycles. The van der Waals surface area contributed by atoms with Crippen LogP contribution in [0.2, 0.25) is 24.2 Å². The van der Waals surface area contributed by atoms with Gasteiger partial charge >= 0.3 is 5.69 Å². The van der Waals surface area contributed by atoms with Crippen LogP contribution in [0, 0.1) is 6.92 Å². The minimum Gasteiger partial charge on any atom is -0.352 e. The average molecular weight is 514 g/mol. The normalized spacial score (nSPS) is 29.5. The summed E-state index contributed by atoms with van der Waals surface area (Å²) in [6.45, 7) is 23.0. The zero-order chi connectivity index (χ0) is 25.6. The second-order valence-electron chi connectivity index (χ2n) is 12.6. The molecule has 34 heavy (non-hydrogen) atoms. The topological polar surface area (TPSA) is 85.8 Å². The summed E-state index contributed by atoms with van der Waals surface area (Å²) in [5.74, 6) is 0. The van der Waals surface area contributed by atoms with Gasteiger partial charge in [-0.15, -0.1) is 0 Å². The van der Waals surface area contributed by atoms with E-state index < -0.39 is 28.5 Å². The lowest BCUT2D eigenvalue weighted by molar-refractivity contribution is -0.0133. The van der Waals surface area contributed by atoms with Crippen LogP contribution in [0.5, 0.6) is 0 Å². The molecular formula is C24H44N3O5PSi. The molecule has 0 saturated carbocycles. The van der Waals surface area contributed by atoms with Crippen molar-refractivity contribution in [3.8, 4) is 0 Å². The lowest BCUT2D eigenvalue weighted by atomic mass is 10.1. The Morgan fingerprint density at radius 1 is 1.21 bits per heavy atom. The molecule has 1 aromatic heterocycles. The molecule has 0 aliphatic carbocycles. The fraction of sp³-hybridized carbons (Fsp3) is 0.833. The molecule has 194 valence electrons. The molecule has 1 N–H and O–H groups in total. The summed E-state index contributed by atoms with van der Waals surface area (Å²) < 4.78 is 23.5. The van der Waals surface area contributed by atoms with E-state index in [4.69, 9.17) is 13.8 Å². The molecule has 0 radical (unpaired) electrons. The van der Waals surface area contributed by atoms with E-state index in [-0.39, 0.29) is 34.4 Å². The predicted molar refractivity (Wildman–Crippen MR) is 140 cm³/mol. The van der Waals surface area contributed by atoms with Crippen molar-refractivity contribution < 1.29 is 13.8 Å². The molecule has 2 aliphatic heterocycles. The van der Waals surface area contributed by atoms with Crippen LogP contribution in [0.15, 0.2) is 15.8 Å². The fourth-order valence-corrected chi connectivity index (χ4v) is 8.09. The smallest absolute Gasteiger partial charge is 0.330 e. The van der Waals surface area contributed by atoms with Crippen LogP contribution in [0.3, 0.4) is 0 Å². The Morgan fingerprint density at radius 2 is 1.85 bits per heavy atom. The fourth-order valence-electron chi connectivity index (χ4n) is 4.20. The Bertz CT molecular complexity index is 981. The van der Waals surface area contributed by atoms with Crippen molar-refractivity contribution in [1.82, 2.24) is 14.2 Å². The number of aromatic nitrogens is 2. The van der Waals surface area contributed by atoms with Crippen LogP contribution in [0.4, 0.5) is 0 Å². The molecule has 5 unspecified atom stereocenters. The Labute approximate surface area is 206 Å². The molecule has 10 heteroatoms. The molecule has 1 aromatic rings. The summed E-state index contributed by atoms with van der Waals surface area (Å²) in [4.78, 5) is 26.9. The molecule has 3 rings (SSSR count). The third-order valence-electron chi connectivity index (χ3n) is 7.59. The first-order chi connectivity index (χ1) is 15.5. The SMILES string of the molecule is Cc1cn(C2CC(OP3OC(C)CCN3C(C)(C)C)C(C[Si](C)(C)C(C)(C)C)O2)c(=O)[nH]c1=O. The maximum Gasteiger partial charge on any atom is 0.330 e. The van der Waals surface area contributed by atoms with Crippen LogP contribution >= 0.6 is 8.53 Å². The summed E-state index contributed by atoms with van der Waals surface area (Å²) in [6.07, 6.45) is 2.44. The third-order valence-corrected chi connectivity index (χ3v) is 15.3. The minimum absolute atomic E-state index is 0.0768. The standard InChI is InChI=1S/C24H44N3O5PSi/c1-16-14-26(22(29)25-21(16)28)20-13-18(19(30-20)15-34(9,10)24(6,7)8)32-33-27(23(3,4)5)12-11-17(2)31-33/h14,17-20H,11-13,15H2,1-10H3,(H,25,28,29). The van der Waals surface area contributed by atoms with Crippen molar-refractivity contribution >= 4 is 16.6 Å². The Kier molecular flexibility index (Phi) is 8.08. The van der Waals surface area contributed by atoms with E-state index >= 15 is 0 Å². The summed E-state index contributed by atoms with van der Waals surface area (Å²) in [6, 6.07) is 0.920. The van der Waals surface area contributed by atoms with Gasteiger partial charge in [-0.1, -0.05) is 33.9 Å². The molecule has 2 saturated heterocycles. The van der Waals surface area contributed by atoms with Gasteiger partial charge < -0.3 is 13.8 Å². The van der Waals surface area contributed by atoms with Crippen molar-refractivity contribution in [2.24, 2.45) is 0 Å². The van der Waals surface area contributed by atoms with E-state index in [1.807, 2.05) is 0 Å². The molecule has 0 bridgehead atoms. The second kappa shape index (κ2) is 9.90. The molecule has 8 nitrogen and oxygen atoms in total. The lowest BCUT2D eigenvalue weighted by Crippen LogP contribution is -2.45. The highest BCUT2D eigenvalue weighted by atomic mass is 31.2. The summed E-state index contributed by atoms with van der Waals surface area (Å²) in [5.41, 5.74) is -0.399. The quantitative estimate of drug-likeness (QED) is 0.432. The third kappa shape index (κ3) is 6.10. The maximum atomic E-state index is 12.6. The van der Waals surface area contributed by atoms with E-state index in [1.165, 1.54) is 4.57 Å². The first-order valence-corrected chi connectivity index (χ1v) is 16.7. The number of ether oxygens (including phenoxy) is 1. The van der Waals surface area contributed by atoms with Gasteiger partial charge in [0.15, 0.2) is 0 Å². The summed E-state index contributed by atoms with van der Waals surface area (Å²) >= 11 is 0. The molecule has 5 atom stereocenters. The van der Waals surface area contributed by atoms with Crippen LogP contribution in [0.1, 0.15) is 73.1 Å². The van der Waals surface area contributed by atoms with E-state index in [9.17, 15) is 9.59 Å². The molecule has 0 spiro atoms. The highest BCUT2D eigenvalue weighted by molar-refractivity contribution is 7.44. The largest absolute Gasteiger partial charge is 0.352 e. The summed E-state index contributed by atoms with van der Waals surface area (Å²) in [7, 11) is -2.96. The van der Waals surface area contributed by atoms with Crippen molar-refractivity contribution in [3.05, 3.63) is 32.6 Å². The molecular weight excluding hydrogens is 469 g/mol. The van der Waals surface area contributed by atoms with E-state index in [2.05, 4.69) is 71.2 Å². The number of H-pyrrole nitrogens is 1. The van der Waals surface area contributed by atoms with Gasteiger partial charge in [-0.2, -0.15) is 0 Å². The summed E-state index contributed by atoms with van der Waals surface area (Å²) in [5, 5.41) is 0.197. The van der Waals surface area contributed by atoms with Crippen LogP contribution in [-0.2, 0) is 13.8 Å². The van der Waals surface area contributed by atoms with Gasteiger partial charge in [0.05, 0.1) is 26.4 Å². The van der Waals surface area contributed by atoms with Crippen LogP contribution in [0.25, 0.3) is 0 Å². The van der Waals surface area contributed by atoms with Crippen molar-refractivity contribution in [3.63, 3.8) is 0 Å². The number of aryl methyl sites for hydroxylation is 1. The van der Waals surface area contributed by atoms with E-state index in [0.717, 1.165) is 19.0 Å². The van der Waals surface area contributed by atoms with Gasteiger partial charge in [0, 0.05) is 30.3 Å². The molecule has 2 fully saturated rings. The van der Waals surface area contributed by atoms with Gasteiger partial charge in [-0.25, -0.2) is 9.46 Å². The number of rotatable bonds is 5. The highest BCUT2D eigenvalue weighted by Gasteiger charge is 2.47. The van der Waals surface area contributed by atoms with Crippen molar-refractivity contribution in [2.75, 3.05) is 6.54 Å². The zero-order valence-electron chi connectivity index (χ0n) is 22.6. The van der Waals surface area contributed by atoms with Gasteiger partial charge in [0.2, 0.25) is 0 Å². The number of hydrogen-bond donors (Lipinski definition) is 1. The number of nitrogens with one attached hydrogen (secondary N) is 1. The monoisotopic (exact) mass is 513 g/mol. The van der Waals surface area contributed by atoms with Crippen LogP contribution < -0.4 is 11.2 Å². The Hall–Kier alpha value is -0.833. The predicted octanol–water partition coefficient (Wildman–Crippen LogP) is 5.16. The van der Waals surface area contributed by atoms with Crippen LogP contribution in [-0.4, -0.2) is 52.7 Å². The van der Waals surface area contributed by atoms with E-state index in [1.54, 1.807) is 13.1 Å². The first kappa shape index (κ1) is 27.7. The lowest BCUT2D eigenvalue weighted by Gasteiger charge is -2.45. The van der Waals surface area contributed by atoms with Gasteiger partial charge in [-0.05, 0) is 52.1 Å². The molecule has 3 heterocycles.